The van der Waals surface area contributed by atoms with E-state index in [9.17, 15) is 9.18 Å². The molecule has 0 heterocycles. The van der Waals surface area contributed by atoms with Gasteiger partial charge in [0.15, 0.2) is 0 Å². The van der Waals surface area contributed by atoms with Crippen LogP contribution in [0.15, 0.2) is 11.9 Å². The molecule has 0 aliphatic carbocycles. The van der Waals surface area contributed by atoms with E-state index in [0.29, 0.717) is 31.3 Å². The standard InChI is InChI=1S/C11H20FNO2/c1-5-9(8-12)6-7-13-10(14)15-11(2,3)4/h8H,5-7H2,1-4H3,(H,13,14)/b9-8-. The summed E-state index contributed by atoms with van der Waals surface area (Å²) in [6.07, 6.45) is 1.31. The van der Waals surface area contributed by atoms with Crippen LogP contribution in [0.4, 0.5) is 9.18 Å². The monoisotopic (exact) mass is 217 g/mol. The molecule has 0 radical (unpaired) electrons. The Hall–Kier alpha value is -1.06. The van der Waals surface area contributed by atoms with Gasteiger partial charge in [-0.2, -0.15) is 0 Å². The minimum absolute atomic E-state index is 0.401. The SMILES string of the molecule is CC/C(=C/F)CCNC(=O)OC(C)(C)C. The van der Waals surface area contributed by atoms with E-state index in [2.05, 4.69) is 5.32 Å². The topological polar surface area (TPSA) is 38.3 Å². The third-order valence-corrected chi connectivity index (χ3v) is 1.72. The van der Waals surface area contributed by atoms with E-state index in [-0.39, 0.29) is 0 Å². The zero-order valence-electron chi connectivity index (χ0n) is 9.89. The maximum atomic E-state index is 12.1. The van der Waals surface area contributed by atoms with Crippen molar-refractivity contribution in [3.63, 3.8) is 0 Å². The van der Waals surface area contributed by atoms with Gasteiger partial charge in [0, 0.05) is 6.54 Å². The Morgan fingerprint density at radius 1 is 1.47 bits per heavy atom. The summed E-state index contributed by atoms with van der Waals surface area (Å²) in [5, 5.41) is 2.57. The molecule has 3 nitrogen and oxygen atoms in total. The van der Waals surface area contributed by atoms with E-state index in [0.717, 1.165) is 0 Å². The van der Waals surface area contributed by atoms with E-state index in [1.807, 2.05) is 6.92 Å². The first kappa shape index (κ1) is 13.9. The molecule has 0 aromatic carbocycles. The van der Waals surface area contributed by atoms with Crippen LogP contribution in [-0.4, -0.2) is 18.2 Å². The van der Waals surface area contributed by atoms with Crippen molar-refractivity contribution in [1.29, 1.82) is 0 Å². The van der Waals surface area contributed by atoms with Crippen LogP contribution in [0.5, 0.6) is 0 Å². The lowest BCUT2D eigenvalue weighted by Crippen LogP contribution is -2.33. The van der Waals surface area contributed by atoms with Crippen molar-refractivity contribution in [2.75, 3.05) is 6.54 Å². The van der Waals surface area contributed by atoms with Gasteiger partial charge in [-0.1, -0.05) is 6.92 Å². The van der Waals surface area contributed by atoms with E-state index >= 15 is 0 Å². The number of halogens is 1. The molecule has 1 N–H and O–H groups in total. The van der Waals surface area contributed by atoms with E-state index in [1.54, 1.807) is 20.8 Å². The smallest absolute Gasteiger partial charge is 0.407 e. The second-order valence-corrected chi connectivity index (χ2v) is 4.30. The zero-order chi connectivity index (χ0) is 11.9. The number of carbonyl (C=O) groups is 1. The van der Waals surface area contributed by atoms with E-state index in [1.165, 1.54) is 0 Å². The van der Waals surface area contributed by atoms with Gasteiger partial charge in [0.2, 0.25) is 0 Å². The fraction of sp³-hybridized carbons (Fsp3) is 0.727. The molecule has 0 aromatic heterocycles. The Bertz CT molecular complexity index is 231. The average molecular weight is 217 g/mol. The summed E-state index contributed by atoms with van der Waals surface area (Å²) in [6.45, 7) is 7.67. The number of carbonyl (C=O) groups excluding carboxylic acids is 1. The lowest BCUT2D eigenvalue weighted by atomic mass is 10.1. The molecule has 0 rings (SSSR count). The van der Waals surface area contributed by atoms with Crippen molar-refractivity contribution in [1.82, 2.24) is 5.32 Å². The van der Waals surface area contributed by atoms with E-state index in [4.69, 9.17) is 4.74 Å². The van der Waals surface area contributed by atoms with Crippen LogP contribution in [0.1, 0.15) is 40.5 Å². The highest BCUT2D eigenvalue weighted by molar-refractivity contribution is 5.67. The van der Waals surface area contributed by atoms with Gasteiger partial charge in [-0.05, 0) is 39.2 Å². The zero-order valence-corrected chi connectivity index (χ0v) is 9.89. The number of hydrogen-bond donors (Lipinski definition) is 1. The largest absolute Gasteiger partial charge is 0.444 e. The minimum atomic E-state index is -0.492. The summed E-state index contributed by atoms with van der Waals surface area (Å²) in [5.41, 5.74) is 0.194. The first-order chi connectivity index (χ1) is 6.89. The average Bonchev–Trinajstić information content (AvgIpc) is 2.09. The van der Waals surface area contributed by atoms with Gasteiger partial charge in [-0.15, -0.1) is 0 Å². The maximum absolute atomic E-state index is 12.1. The van der Waals surface area contributed by atoms with Crippen LogP contribution in [-0.2, 0) is 4.74 Å². The van der Waals surface area contributed by atoms with Gasteiger partial charge < -0.3 is 10.1 Å². The van der Waals surface area contributed by atoms with Crippen LogP contribution < -0.4 is 5.32 Å². The predicted molar refractivity (Wildman–Crippen MR) is 58.3 cm³/mol. The van der Waals surface area contributed by atoms with Gasteiger partial charge in [0.05, 0.1) is 6.33 Å². The maximum Gasteiger partial charge on any atom is 0.407 e. The fourth-order valence-electron chi connectivity index (χ4n) is 0.948. The summed E-state index contributed by atoms with van der Waals surface area (Å²) in [7, 11) is 0. The van der Waals surface area contributed by atoms with Crippen LogP contribution in [0.2, 0.25) is 0 Å². The number of rotatable bonds is 4. The molecule has 0 fully saturated rings. The van der Waals surface area contributed by atoms with Gasteiger partial charge >= 0.3 is 6.09 Å². The third kappa shape index (κ3) is 7.97. The molecular formula is C11H20FNO2. The molecule has 0 saturated heterocycles. The second kappa shape index (κ2) is 6.43. The highest BCUT2D eigenvalue weighted by Crippen LogP contribution is 2.08. The summed E-state index contributed by atoms with van der Waals surface area (Å²) in [5.74, 6) is 0. The number of amides is 1. The quantitative estimate of drug-likeness (QED) is 0.785. The Kier molecular flexibility index (Phi) is 5.97. The first-order valence-corrected chi connectivity index (χ1v) is 5.14. The molecule has 0 bridgehead atoms. The summed E-state index contributed by atoms with van der Waals surface area (Å²) < 4.78 is 17.2. The van der Waals surface area contributed by atoms with Gasteiger partial charge in [0.1, 0.15) is 5.60 Å². The molecular weight excluding hydrogens is 197 g/mol. The summed E-state index contributed by atoms with van der Waals surface area (Å²) in [6, 6.07) is 0. The first-order valence-electron chi connectivity index (χ1n) is 5.14. The van der Waals surface area contributed by atoms with Crippen molar-refractivity contribution in [2.45, 2.75) is 46.1 Å². The molecule has 0 aliphatic heterocycles. The van der Waals surface area contributed by atoms with Gasteiger partial charge in [-0.3, -0.25) is 0 Å². The fourth-order valence-corrected chi connectivity index (χ4v) is 0.948. The van der Waals surface area contributed by atoms with Crippen LogP contribution >= 0.6 is 0 Å². The number of nitrogens with one attached hydrogen (secondary N) is 1. The molecule has 15 heavy (non-hydrogen) atoms. The molecule has 0 aromatic rings. The summed E-state index contributed by atoms with van der Waals surface area (Å²) in [4.78, 5) is 11.2. The number of hydrogen-bond acceptors (Lipinski definition) is 2. The molecule has 0 spiro atoms. The molecule has 4 heteroatoms. The minimum Gasteiger partial charge on any atom is -0.444 e. The molecule has 0 aliphatic rings. The van der Waals surface area contributed by atoms with Crippen LogP contribution in [0.25, 0.3) is 0 Å². The summed E-state index contributed by atoms with van der Waals surface area (Å²) >= 11 is 0. The predicted octanol–water partition coefficient (Wildman–Crippen LogP) is 3.16. The van der Waals surface area contributed by atoms with E-state index < -0.39 is 11.7 Å². The Labute approximate surface area is 90.7 Å². The van der Waals surface area contributed by atoms with Crippen molar-refractivity contribution in [2.24, 2.45) is 0 Å². The highest BCUT2D eigenvalue weighted by atomic mass is 19.1. The van der Waals surface area contributed by atoms with Crippen molar-refractivity contribution < 1.29 is 13.9 Å². The Morgan fingerprint density at radius 3 is 2.47 bits per heavy atom. The second-order valence-electron chi connectivity index (χ2n) is 4.30. The van der Waals surface area contributed by atoms with Gasteiger partial charge in [0.25, 0.3) is 0 Å². The van der Waals surface area contributed by atoms with Crippen molar-refractivity contribution >= 4 is 6.09 Å². The third-order valence-electron chi connectivity index (χ3n) is 1.72. The van der Waals surface area contributed by atoms with Gasteiger partial charge in [-0.25, -0.2) is 9.18 Å². The van der Waals surface area contributed by atoms with Crippen molar-refractivity contribution in [3.8, 4) is 0 Å². The lowest BCUT2D eigenvalue weighted by molar-refractivity contribution is 0.0528. The Morgan fingerprint density at radius 2 is 2.07 bits per heavy atom. The normalized spacial score (nSPS) is 12.5. The Balaban J connectivity index is 3.74. The van der Waals surface area contributed by atoms with Crippen LogP contribution in [0, 0.1) is 0 Å². The lowest BCUT2D eigenvalue weighted by Gasteiger charge is -2.19. The number of alkyl carbamates (subject to hydrolysis) is 1. The molecule has 0 unspecified atom stereocenters. The number of ether oxygens (including phenoxy) is 1. The van der Waals surface area contributed by atoms with Crippen molar-refractivity contribution in [3.05, 3.63) is 11.9 Å². The molecule has 0 saturated carbocycles. The highest BCUT2D eigenvalue weighted by Gasteiger charge is 2.15. The molecule has 0 atom stereocenters. The molecule has 1 amide bonds. The van der Waals surface area contributed by atoms with Crippen LogP contribution in [0.3, 0.4) is 0 Å². The molecule has 88 valence electrons.